The fraction of sp³-hybridized carbons (Fsp3) is 0.263. The zero-order chi connectivity index (χ0) is 17.8. The van der Waals surface area contributed by atoms with Gasteiger partial charge < -0.3 is 15.5 Å². The maximum absolute atomic E-state index is 12.9. The summed E-state index contributed by atoms with van der Waals surface area (Å²) >= 11 is 0. The van der Waals surface area contributed by atoms with Crippen LogP contribution in [0.3, 0.4) is 0 Å². The zero-order valence-corrected chi connectivity index (χ0v) is 14.0. The van der Waals surface area contributed by atoms with Gasteiger partial charge in [0.05, 0.1) is 0 Å². The highest BCUT2D eigenvalue weighted by Gasteiger charge is 2.23. The normalized spacial score (nSPS) is 13.8. The molecule has 25 heavy (non-hydrogen) atoms. The van der Waals surface area contributed by atoms with Crippen LogP contribution in [0.4, 0.5) is 20.6 Å². The molecule has 0 atom stereocenters. The van der Waals surface area contributed by atoms with Gasteiger partial charge in [-0.05, 0) is 48.7 Å². The Morgan fingerprint density at radius 2 is 1.96 bits per heavy atom. The van der Waals surface area contributed by atoms with Crippen LogP contribution in [-0.2, 0) is 11.3 Å². The molecule has 0 radical (unpaired) electrons. The van der Waals surface area contributed by atoms with Gasteiger partial charge in [-0.3, -0.25) is 4.79 Å². The lowest BCUT2D eigenvalue weighted by atomic mass is 10.1. The fourth-order valence-electron chi connectivity index (χ4n) is 2.84. The number of hydrogen-bond donors (Lipinski definition) is 2. The van der Waals surface area contributed by atoms with E-state index in [1.807, 2.05) is 19.1 Å². The van der Waals surface area contributed by atoms with Crippen molar-refractivity contribution in [2.75, 3.05) is 16.8 Å². The van der Waals surface area contributed by atoms with Crippen LogP contribution in [-0.4, -0.2) is 18.5 Å². The summed E-state index contributed by atoms with van der Waals surface area (Å²) in [7, 11) is 0. The molecule has 0 unspecified atom stereocenters. The maximum atomic E-state index is 12.9. The van der Waals surface area contributed by atoms with E-state index in [4.69, 9.17) is 0 Å². The van der Waals surface area contributed by atoms with E-state index in [1.54, 1.807) is 23.1 Å². The average Bonchev–Trinajstić information content (AvgIpc) is 3.02. The Morgan fingerprint density at radius 1 is 1.20 bits per heavy atom. The Balaban J connectivity index is 1.63. The molecule has 1 aliphatic rings. The molecular formula is C19H20FN3O2. The Kier molecular flexibility index (Phi) is 4.97. The van der Waals surface area contributed by atoms with E-state index in [0.29, 0.717) is 25.2 Å². The van der Waals surface area contributed by atoms with Crippen molar-refractivity contribution in [3.05, 3.63) is 59.4 Å². The number of hydrogen-bond acceptors (Lipinski definition) is 2. The maximum Gasteiger partial charge on any atom is 0.319 e. The molecular weight excluding hydrogens is 321 g/mol. The summed E-state index contributed by atoms with van der Waals surface area (Å²) in [6, 6.07) is 11.1. The minimum Gasteiger partial charge on any atom is -0.334 e. The summed E-state index contributed by atoms with van der Waals surface area (Å²) in [6.45, 7) is 2.95. The molecule has 3 amide bonds. The van der Waals surface area contributed by atoms with E-state index in [9.17, 15) is 14.0 Å². The minimum atomic E-state index is -0.355. The first-order valence-corrected chi connectivity index (χ1v) is 8.23. The molecule has 1 heterocycles. The van der Waals surface area contributed by atoms with Crippen LogP contribution in [0.15, 0.2) is 42.5 Å². The lowest BCUT2D eigenvalue weighted by Gasteiger charge is -2.19. The van der Waals surface area contributed by atoms with E-state index < -0.39 is 0 Å². The molecule has 130 valence electrons. The molecule has 6 heteroatoms. The van der Waals surface area contributed by atoms with Gasteiger partial charge in [-0.2, -0.15) is 0 Å². The molecule has 0 spiro atoms. The van der Waals surface area contributed by atoms with Gasteiger partial charge in [-0.15, -0.1) is 0 Å². The van der Waals surface area contributed by atoms with Crippen molar-refractivity contribution in [1.82, 2.24) is 5.32 Å². The number of halogens is 1. The lowest BCUT2D eigenvalue weighted by Crippen LogP contribution is -2.28. The number of amides is 3. The van der Waals surface area contributed by atoms with Gasteiger partial charge in [0.25, 0.3) is 0 Å². The van der Waals surface area contributed by atoms with Crippen molar-refractivity contribution in [2.24, 2.45) is 0 Å². The molecule has 3 rings (SSSR count). The van der Waals surface area contributed by atoms with Crippen LogP contribution in [0.1, 0.15) is 24.0 Å². The topological polar surface area (TPSA) is 61.4 Å². The van der Waals surface area contributed by atoms with Gasteiger partial charge >= 0.3 is 6.03 Å². The summed E-state index contributed by atoms with van der Waals surface area (Å²) in [4.78, 5) is 25.8. The monoisotopic (exact) mass is 341 g/mol. The van der Waals surface area contributed by atoms with Crippen LogP contribution in [0, 0.1) is 12.7 Å². The summed E-state index contributed by atoms with van der Waals surface area (Å²) in [5, 5.41) is 5.49. The van der Waals surface area contributed by atoms with E-state index in [-0.39, 0.29) is 17.8 Å². The number of rotatable bonds is 4. The number of urea groups is 1. The quantitative estimate of drug-likeness (QED) is 0.893. The number of aryl methyl sites for hydroxylation is 1. The Morgan fingerprint density at radius 3 is 2.64 bits per heavy atom. The second kappa shape index (κ2) is 7.34. The average molecular weight is 341 g/mol. The van der Waals surface area contributed by atoms with Gasteiger partial charge in [0.1, 0.15) is 5.82 Å². The third-order valence-electron chi connectivity index (χ3n) is 4.20. The van der Waals surface area contributed by atoms with Crippen molar-refractivity contribution < 1.29 is 14.0 Å². The van der Waals surface area contributed by atoms with Crippen molar-refractivity contribution >= 4 is 23.3 Å². The second-order valence-electron chi connectivity index (χ2n) is 6.08. The molecule has 0 aromatic heterocycles. The van der Waals surface area contributed by atoms with Crippen molar-refractivity contribution in [3.8, 4) is 0 Å². The molecule has 2 aromatic carbocycles. The van der Waals surface area contributed by atoms with Gasteiger partial charge in [0.15, 0.2) is 0 Å². The summed E-state index contributed by atoms with van der Waals surface area (Å²) in [6.07, 6.45) is 1.42. The fourth-order valence-corrected chi connectivity index (χ4v) is 2.84. The largest absolute Gasteiger partial charge is 0.334 e. The second-order valence-corrected chi connectivity index (χ2v) is 6.08. The van der Waals surface area contributed by atoms with Crippen LogP contribution < -0.4 is 15.5 Å². The molecule has 0 bridgehead atoms. The Bertz CT molecular complexity index is 790. The van der Waals surface area contributed by atoms with E-state index in [1.165, 1.54) is 12.1 Å². The number of benzene rings is 2. The Hall–Kier alpha value is -2.89. The molecule has 2 aromatic rings. The first kappa shape index (κ1) is 17.0. The number of anilines is 2. The van der Waals surface area contributed by atoms with Crippen LogP contribution in [0.2, 0.25) is 0 Å². The molecule has 1 fully saturated rings. The summed E-state index contributed by atoms with van der Waals surface area (Å²) in [5.41, 5.74) is 3.26. The van der Waals surface area contributed by atoms with Gasteiger partial charge in [0, 0.05) is 30.9 Å². The van der Waals surface area contributed by atoms with E-state index in [0.717, 1.165) is 23.2 Å². The predicted octanol–water partition coefficient (Wildman–Crippen LogP) is 3.58. The number of carbonyl (C=O) groups excluding carboxylic acids is 2. The van der Waals surface area contributed by atoms with E-state index >= 15 is 0 Å². The van der Waals surface area contributed by atoms with Crippen LogP contribution >= 0.6 is 0 Å². The first-order chi connectivity index (χ1) is 12.0. The summed E-state index contributed by atoms with van der Waals surface area (Å²) < 4.78 is 12.9. The van der Waals surface area contributed by atoms with Gasteiger partial charge in [0.2, 0.25) is 5.91 Å². The number of carbonyl (C=O) groups is 2. The molecule has 0 aliphatic carbocycles. The third-order valence-corrected chi connectivity index (χ3v) is 4.20. The van der Waals surface area contributed by atoms with Crippen LogP contribution in [0.5, 0.6) is 0 Å². The van der Waals surface area contributed by atoms with Gasteiger partial charge in [-0.1, -0.05) is 18.2 Å². The summed E-state index contributed by atoms with van der Waals surface area (Å²) in [5.74, 6) is -0.196. The Labute approximate surface area is 145 Å². The highest BCUT2D eigenvalue weighted by atomic mass is 19.1. The molecule has 1 aliphatic heterocycles. The molecule has 2 N–H and O–H groups in total. The predicted molar refractivity (Wildman–Crippen MR) is 95.0 cm³/mol. The SMILES string of the molecule is Cc1ccc(NC(=O)NCc2ccc(F)cc2)cc1N1CCCC1=O. The molecule has 5 nitrogen and oxygen atoms in total. The number of nitrogens with one attached hydrogen (secondary N) is 2. The highest BCUT2D eigenvalue weighted by Crippen LogP contribution is 2.28. The smallest absolute Gasteiger partial charge is 0.319 e. The van der Waals surface area contributed by atoms with Crippen molar-refractivity contribution in [3.63, 3.8) is 0 Å². The standard InChI is InChI=1S/C19H20FN3O2/c1-13-4-9-16(11-17(13)23-10-2-3-18(23)24)22-19(25)21-12-14-5-7-15(20)8-6-14/h4-9,11H,2-3,10,12H2,1H3,(H2,21,22,25). The van der Waals surface area contributed by atoms with Gasteiger partial charge in [-0.25, -0.2) is 9.18 Å². The van der Waals surface area contributed by atoms with Crippen LogP contribution in [0.25, 0.3) is 0 Å². The third kappa shape index (κ3) is 4.15. The zero-order valence-electron chi connectivity index (χ0n) is 14.0. The number of nitrogens with zero attached hydrogens (tertiary/aromatic N) is 1. The first-order valence-electron chi connectivity index (χ1n) is 8.23. The molecule has 0 saturated carbocycles. The van der Waals surface area contributed by atoms with E-state index in [2.05, 4.69) is 10.6 Å². The highest BCUT2D eigenvalue weighted by molar-refractivity contribution is 5.97. The van der Waals surface area contributed by atoms with Crippen molar-refractivity contribution in [2.45, 2.75) is 26.3 Å². The van der Waals surface area contributed by atoms with Crippen molar-refractivity contribution in [1.29, 1.82) is 0 Å². The molecule has 1 saturated heterocycles. The minimum absolute atomic E-state index is 0.112. The lowest BCUT2D eigenvalue weighted by molar-refractivity contribution is -0.117.